The van der Waals surface area contributed by atoms with E-state index >= 15 is 0 Å². The van der Waals surface area contributed by atoms with Gasteiger partial charge in [-0.25, -0.2) is 9.78 Å². The van der Waals surface area contributed by atoms with Gasteiger partial charge in [0, 0.05) is 18.8 Å². The fourth-order valence-electron chi connectivity index (χ4n) is 1.91. The number of carboxylic acids is 1. The van der Waals surface area contributed by atoms with Crippen LogP contribution in [0.1, 0.15) is 23.2 Å². The molecule has 2 rings (SSSR count). The zero-order chi connectivity index (χ0) is 12.1. The molecular formula is C12H16N2O3. The summed E-state index contributed by atoms with van der Waals surface area (Å²) in [6.07, 6.45) is 3.97. The van der Waals surface area contributed by atoms with E-state index in [2.05, 4.69) is 9.88 Å². The lowest BCUT2D eigenvalue weighted by Gasteiger charge is -2.14. The number of hydrogen-bond acceptors (Lipinski definition) is 4. The Kier molecular flexibility index (Phi) is 3.93. The third-order valence-electron chi connectivity index (χ3n) is 2.84. The van der Waals surface area contributed by atoms with Crippen LogP contribution in [-0.4, -0.2) is 47.2 Å². The molecule has 0 bridgehead atoms. The molecule has 1 fully saturated rings. The Labute approximate surface area is 100 Å². The topological polar surface area (TPSA) is 62.7 Å². The smallest absolute Gasteiger partial charge is 0.335 e. The molecule has 17 heavy (non-hydrogen) atoms. The first-order valence-corrected chi connectivity index (χ1v) is 5.80. The summed E-state index contributed by atoms with van der Waals surface area (Å²) >= 11 is 0. The molecule has 1 N–H and O–H groups in total. The first-order chi connectivity index (χ1) is 8.25. The molecule has 0 amide bonds. The molecule has 0 aliphatic carbocycles. The molecule has 2 heterocycles. The van der Waals surface area contributed by atoms with Gasteiger partial charge in [0.25, 0.3) is 0 Å². The summed E-state index contributed by atoms with van der Waals surface area (Å²) in [5, 5.41) is 8.82. The van der Waals surface area contributed by atoms with Crippen molar-refractivity contribution in [3.05, 3.63) is 23.9 Å². The van der Waals surface area contributed by atoms with Gasteiger partial charge in [0.2, 0.25) is 5.88 Å². The summed E-state index contributed by atoms with van der Waals surface area (Å²) in [5.74, 6) is -0.583. The minimum atomic E-state index is -0.961. The quantitative estimate of drug-likeness (QED) is 0.833. The minimum Gasteiger partial charge on any atom is -0.478 e. The van der Waals surface area contributed by atoms with E-state index in [9.17, 15) is 4.79 Å². The Morgan fingerprint density at radius 3 is 2.94 bits per heavy atom. The third-order valence-corrected chi connectivity index (χ3v) is 2.84. The summed E-state index contributed by atoms with van der Waals surface area (Å²) in [4.78, 5) is 17.1. The Hall–Kier alpha value is -1.62. The Bertz CT molecular complexity index is 389. The van der Waals surface area contributed by atoms with Gasteiger partial charge >= 0.3 is 5.97 Å². The normalized spacial score (nSPS) is 16.0. The molecule has 0 aromatic carbocycles. The van der Waals surface area contributed by atoms with Crippen molar-refractivity contribution in [1.29, 1.82) is 0 Å². The van der Waals surface area contributed by atoms with Gasteiger partial charge < -0.3 is 9.84 Å². The number of rotatable bonds is 5. The second-order valence-electron chi connectivity index (χ2n) is 4.09. The first-order valence-electron chi connectivity index (χ1n) is 5.80. The first kappa shape index (κ1) is 11.9. The van der Waals surface area contributed by atoms with Gasteiger partial charge in [-0.2, -0.15) is 0 Å². The van der Waals surface area contributed by atoms with E-state index in [0.717, 1.165) is 19.6 Å². The predicted molar refractivity (Wildman–Crippen MR) is 62.4 cm³/mol. The van der Waals surface area contributed by atoms with Crippen LogP contribution in [0.15, 0.2) is 18.3 Å². The average Bonchev–Trinajstić information content (AvgIpc) is 2.82. The Morgan fingerprint density at radius 2 is 2.24 bits per heavy atom. The molecule has 0 unspecified atom stereocenters. The summed E-state index contributed by atoms with van der Waals surface area (Å²) in [6, 6.07) is 2.90. The highest BCUT2D eigenvalue weighted by molar-refractivity contribution is 5.87. The van der Waals surface area contributed by atoms with Gasteiger partial charge in [0.1, 0.15) is 6.61 Å². The Balaban J connectivity index is 1.81. The molecule has 5 nitrogen and oxygen atoms in total. The van der Waals surface area contributed by atoms with E-state index in [1.54, 1.807) is 0 Å². The number of carbonyl (C=O) groups is 1. The summed E-state index contributed by atoms with van der Waals surface area (Å²) in [7, 11) is 0. The van der Waals surface area contributed by atoms with E-state index in [-0.39, 0.29) is 5.56 Å². The fraction of sp³-hybridized carbons (Fsp3) is 0.500. The molecule has 92 valence electrons. The SMILES string of the molecule is O=C(O)c1ccnc(OCCN2CCCC2)c1. The predicted octanol–water partition coefficient (Wildman–Crippen LogP) is 1.25. The van der Waals surface area contributed by atoms with Crippen LogP contribution in [0.2, 0.25) is 0 Å². The van der Waals surface area contributed by atoms with Crippen molar-refractivity contribution in [1.82, 2.24) is 9.88 Å². The van der Waals surface area contributed by atoms with Crippen LogP contribution in [0.5, 0.6) is 5.88 Å². The molecular weight excluding hydrogens is 220 g/mol. The maximum absolute atomic E-state index is 10.7. The van der Waals surface area contributed by atoms with Gasteiger partial charge in [0.15, 0.2) is 0 Å². The zero-order valence-corrected chi connectivity index (χ0v) is 9.63. The highest BCUT2D eigenvalue weighted by Gasteiger charge is 2.11. The minimum absolute atomic E-state index is 0.205. The average molecular weight is 236 g/mol. The van der Waals surface area contributed by atoms with E-state index in [1.807, 2.05) is 0 Å². The van der Waals surface area contributed by atoms with Crippen LogP contribution >= 0.6 is 0 Å². The molecule has 1 aliphatic rings. The van der Waals surface area contributed by atoms with Crippen LogP contribution in [0, 0.1) is 0 Å². The molecule has 0 radical (unpaired) electrons. The van der Waals surface area contributed by atoms with Gasteiger partial charge in [-0.1, -0.05) is 0 Å². The molecule has 1 aliphatic heterocycles. The van der Waals surface area contributed by atoms with Crippen LogP contribution in [0.25, 0.3) is 0 Å². The number of likely N-dealkylation sites (tertiary alicyclic amines) is 1. The number of hydrogen-bond donors (Lipinski definition) is 1. The summed E-state index contributed by atoms with van der Waals surface area (Å²) < 4.78 is 5.44. The van der Waals surface area contributed by atoms with Gasteiger partial charge in [-0.3, -0.25) is 4.90 Å². The number of ether oxygens (including phenoxy) is 1. The molecule has 0 saturated carbocycles. The Morgan fingerprint density at radius 1 is 1.47 bits per heavy atom. The van der Waals surface area contributed by atoms with Crippen molar-refractivity contribution in [3.63, 3.8) is 0 Å². The summed E-state index contributed by atoms with van der Waals surface area (Å²) in [5.41, 5.74) is 0.205. The highest BCUT2D eigenvalue weighted by Crippen LogP contribution is 2.10. The summed E-state index contributed by atoms with van der Waals surface area (Å²) in [6.45, 7) is 3.69. The largest absolute Gasteiger partial charge is 0.478 e. The van der Waals surface area contributed by atoms with Crippen molar-refractivity contribution in [3.8, 4) is 5.88 Å². The van der Waals surface area contributed by atoms with Crippen LogP contribution in [0.4, 0.5) is 0 Å². The van der Waals surface area contributed by atoms with Crippen LogP contribution < -0.4 is 4.74 Å². The van der Waals surface area contributed by atoms with Gasteiger partial charge in [0.05, 0.1) is 5.56 Å². The van der Waals surface area contributed by atoms with Crippen molar-refractivity contribution in [2.24, 2.45) is 0 Å². The lowest BCUT2D eigenvalue weighted by molar-refractivity contribution is 0.0696. The lowest BCUT2D eigenvalue weighted by atomic mass is 10.3. The third kappa shape index (κ3) is 3.42. The molecule has 5 heteroatoms. The van der Waals surface area contributed by atoms with Gasteiger partial charge in [-0.05, 0) is 32.0 Å². The number of nitrogens with zero attached hydrogens (tertiary/aromatic N) is 2. The standard InChI is InChI=1S/C12H16N2O3/c15-12(16)10-3-4-13-11(9-10)17-8-7-14-5-1-2-6-14/h3-4,9H,1-2,5-8H2,(H,15,16). The lowest BCUT2D eigenvalue weighted by Crippen LogP contribution is -2.25. The number of carboxylic acid groups (broad SMARTS) is 1. The molecule has 1 saturated heterocycles. The van der Waals surface area contributed by atoms with E-state index in [0.29, 0.717) is 12.5 Å². The van der Waals surface area contributed by atoms with Crippen molar-refractivity contribution in [2.75, 3.05) is 26.2 Å². The zero-order valence-electron chi connectivity index (χ0n) is 9.63. The molecule has 1 aromatic heterocycles. The monoisotopic (exact) mass is 236 g/mol. The van der Waals surface area contributed by atoms with Gasteiger partial charge in [-0.15, -0.1) is 0 Å². The van der Waals surface area contributed by atoms with E-state index in [1.165, 1.54) is 31.2 Å². The number of aromatic nitrogens is 1. The molecule has 0 spiro atoms. The second kappa shape index (κ2) is 5.63. The van der Waals surface area contributed by atoms with Crippen molar-refractivity contribution >= 4 is 5.97 Å². The molecule has 1 aromatic rings. The van der Waals surface area contributed by atoms with E-state index in [4.69, 9.17) is 9.84 Å². The van der Waals surface area contributed by atoms with E-state index < -0.39 is 5.97 Å². The van der Waals surface area contributed by atoms with Crippen LogP contribution in [0.3, 0.4) is 0 Å². The number of pyridine rings is 1. The second-order valence-corrected chi connectivity index (χ2v) is 4.09. The molecule has 0 atom stereocenters. The van der Waals surface area contributed by atoms with Crippen molar-refractivity contribution in [2.45, 2.75) is 12.8 Å². The fourth-order valence-corrected chi connectivity index (χ4v) is 1.91. The van der Waals surface area contributed by atoms with Crippen LogP contribution in [-0.2, 0) is 0 Å². The van der Waals surface area contributed by atoms with Crippen molar-refractivity contribution < 1.29 is 14.6 Å². The number of aromatic carboxylic acids is 1. The maximum Gasteiger partial charge on any atom is 0.335 e. The highest BCUT2D eigenvalue weighted by atomic mass is 16.5. The maximum atomic E-state index is 10.7.